The van der Waals surface area contributed by atoms with Crippen molar-refractivity contribution in [3.05, 3.63) is 0 Å². The molecule has 1 atom stereocenters. The zero-order chi connectivity index (χ0) is 10.7. The lowest BCUT2D eigenvalue weighted by molar-refractivity contribution is 0.377. The van der Waals surface area contributed by atoms with Crippen LogP contribution in [-0.2, 0) is 9.84 Å². The lowest BCUT2D eigenvalue weighted by atomic mass is 10.0. The van der Waals surface area contributed by atoms with E-state index in [-0.39, 0.29) is 10.8 Å². The van der Waals surface area contributed by atoms with E-state index in [1.54, 1.807) is 6.92 Å². The summed E-state index contributed by atoms with van der Waals surface area (Å²) in [5.41, 5.74) is 0.0267. The Morgan fingerprint density at radius 3 is 2.15 bits per heavy atom. The second-order valence-electron chi connectivity index (χ2n) is 4.26. The SMILES string of the molecule is CCC(C)(C)NCC(C)S(C)(=O)=O. The van der Waals surface area contributed by atoms with Gasteiger partial charge in [0.2, 0.25) is 0 Å². The summed E-state index contributed by atoms with van der Waals surface area (Å²) in [6.45, 7) is 8.48. The highest BCUT2D eigenvalue weighted by Gasteiger charge is 2.19. The first-order valence-electron chi connectivity index (χ1n) is 4.63. The predicted octanol–water partition coefficient (Wildman–Crippen LogP) is 1.20. The van der Waals surface area contributed by atoms with Crippen LogP contribution in [0.15, 0.2) is 0 Å². The summed E-state index contributed by atoms with van der Waals surface area (Å²) < 4.78 is 22.2. The molecule has 0 fully saturated rings. The normalized spacial score (nSPS) is 15.8. The van der Waals surface area contributed by atoms with Gasteiger partial charge in [-0.1, -0.05) is 6.92 Å². The smallest absolute Gasteiger partial charge is 0.151 e. The van der Waals surface area contributed by atoms with E-state index in [9.17, 15) is 8.42 Å². The highest BCUT2D eigenvalue weighted by Crippen LogP contribution is 2.07. The molecule has 0 aromatic carbocycles. The average Bonchev–Trinajstić information content (AvgIpc) is 1.98. The molecule has 0 saturated carbocycles. The van der Waals surface area contributed by atoms with E-state index in [0.717, 1.165) is 6.42 Å². The summed E-state index contributed by atoms with van der Waals surface area (Å²) in [5, 5.41) is 2.93. The molecule has 0 aliphatic carbocycles. The molecule has 0 radical (unpaired) electrons. The van der Waals surface area contributed by atoms with Crippen LogP contribution in [0.25, 0.3) is 0 Å². The Balaban J connectivity index is 4.05. The lowest BCUT2D eigenvalue weighted by Gasteiger charge is -2.26. The zero-order valence-electron chi connectivity index (χ0n) is 9.22. The highest BCUT2D eigenvalue weighted by atomic mass is 32.2. The van der Waals surface area contributed by atoms with Gasteiger partial charge in [-0.2, -0.15) is 0 Å². The molecular formula is C9H21NO2S. The molecule has 0 aliphatic rings. The van der Waals surface area contributed by atoms with Crippen molar-refractivity contribution in [1.29, 1.82) is 0 Å². The molecule has 13 heavy (non-hydrogen) atoms. The van der Waals surface area contributed by atoms with Gasteiger partial charge in [0.25, 0.3) is 0 Å². The van der Waals surface area contributed by atoms with Crippen LogP contribution in [0.3, 0.4) is 0 Å². The van der Waals surface area contributed by atoms with Gasteiger partial charge >= 0.3 is 0 Å². The molecule has 0 rings (SSSR count). The van der Waals surface area contributed by atoms with Crippen molar-refractivity contribution in [3.8, 4) is 0 Å². The van der Waals surface area contributed by atoms with Gasteiger partial charge in [-0.05, 0) is 27.2 Å². The Kier molecular flexibility index (Phi) is 4.39. The van der Waals surface area contributed by atoms with Crippen molar-refractivity contribution in [2.24, 2.45) is 0 Å². The van der Waals surface area contributed by atoms with E-state index in [2.05, 4.69) is 26.1 Å². The van der Waals surface area contributed by atoms with Crippen molar-refractivity contribution >= 4 is 9.84 Å². The van der Waals surface area contributed by atoms with Gasteiger partial charge in [-0.3, -0.25) is 0 Å². The van der Waals surface area contributed by atoms with Crippen LogP contribution in [0.5, 0.6) is 0 Å². The molecule has 0 aromatic heterocycles. The first kappa shape index (κ1) is 12.9. The summed E-state index contributed by atoms with van der Waals surface area (Å²) in [4.78, 5) is 0. The van der Waals surface area contributed by atoms with Crippen molar-refractivity contribution in [1.82, 2.24) is 5.32 Å². The molecular weight excluding hydrogens is 186 g/mol. The van der Waals surface area contributed by atoms with Gasteiger partial charge in [-0.25, -0.2) is 8.42 Å². The number of sulfone groups is 1. The van der Waals surface area contributed by atoms with Crippen molar-refractivity contribution in [2.45, 2.75) is 44.9 Å². The average molecular weight is 207 g/mol. The number of hydrogen-bond donors (Lipinski definition) is 1. The van der Waals surface area contributed by atoms with Gasteiger partial charge in [0.05, 0.1) is 5.25 Å². The molecule has 0 aromatic rings. The lowest BCUT2D eigenvalue weighted by Crippen LogP contribution is -2.43. The van der Waals surface area contributed by atoms with Gasteiger partial charge in [0.1, 0.15) is 0 Å². The fourth-order valence-electron chi connectivity index (χ4n) is 0.696. The Hall–Kier alpha value is -0.0900. The molecule has 4 heteroatoms. The minimum Gasteiger partial charge on any atom is -0.311 e. The predicted molar refractivity (Wildman–Crippen MR) is 56.7 cm³/mol. The van der Waals surface area contributed by atoms with Crippen LogP contribution in [0, 0.1) is 0 Å². The molecule has 0 aliphatic heterocycles. The maximum absolute atomic E-state index is 11.1. The van der Waals surface area contributed by atoms with Gasteiger partial charge in [0, 0.05) is 18.3 Å². The molecule has 1 unspecified atom stereocenters. The van der Waals surface area contributed by atoms with E-state index >= 15 is 0 Å². The third-order valence-electron chi connectivity index (χ3n) is 2.48. The monoisotopic (exact) mass is 207 g/mol. The van der Waals surface area contributed by atoms with Crippen molar-refractivity contribution in [3.63, 3.8) is 0 Å². The molecule has 0 saturated heterocycles. The van der Waals surface area contributed by atoms with Crippen LogP contribution >= 0.6 is 0 Å². The van der Waals surface area contributed by atoms with Crippen molar-refractivity contribution in [2.75, 3.05) is 12.8 Å². The van der Waals surface area contributed by atoms with Gasteiger partial charge < -0.3 is 5.32 Å². The van der Waals surface area contributed by atoms with Crippen LogP contribution in [0.1, 0.15) is 34.1 Å². The summed E-state index contributed by atoms with van der Waals surface area (Å²) in [6.07, 6.45) is 2.27. The highest BCUT2D eigenvalue weighted by molar-refractivity contribution is 7.91. The van der Waals surface area contributed by atoms with Gasteiger partial charge in [-0.15, -0.1) is 0 Å². The summed E-state index contributed by atoms with van der Waals surface area (Å²) in [7, 11) is -2.90. The fraction of sp³-hybridized carbons (Fsp3) is 1.00. The fourth-order valence-corrected chi connectivity index (χ4v) is 1.08. The van der Waals surface area contributed by atoms with Crippen LogP contribution in [0.4, 0.5) is 0 Å². The molecule has 80 valence electrons. The number of nitrogens with one attached hydrogen (secondary N) is 1. The Bertz CT molecular complexity index is 244. The van der Waals surface area contributed by atoms with E-state index < -0.39 is 9.84 Å². The van der Waals surface area contributed by atoms with Crippen LogP contribution in [0.2, 0.25) is 0 Å². The maximum atomic E-state index is 11.1. The van der Waals surface area contributed by atoms with E-state index in [0.29, 0.717) is 6.54 Å². The second-order valence-corrected chi connectivity index (χ2v) is 6.72. The van der Waals surface area contributed by atoms with E-state index in [1.807, 2.05) is 0 Å². The molecule has 0 heterocycles. The van der Waals surface area contributed by atoms with E-state index in [4.69, 9.17) is 0 Å². The maximum Gasteiger partial charge on any atom is 0.151 e. The standard InChI is InChI=1S/C9H21NO2S/c1-6-9(3,4)10-7-8(2)13(5,11)12/h8,10H,6-7H2,1-5H3. The Labute approximate surface area is 81.8 Å². The van der Waals surface area contributed by atoms with E-state index in [1.165, 1.54) is 6.26 Å². The third-order valence-corrected chi connectivity index (χ3v) is 4.11. The zero-order valence-corrected chi connectivity index (χ0v) is 10.0. The first-order chi connectivity index (χ1) is 5.69. The minimum absolute atomic E-state index is 0.0267. The number of hydrogen-bond acceptors (Lipinski definition) is 3. The molecule has 0 spiro atoms. The topological polar surface area (TPSA) is 46.2 Å². The van der Waals surface area contributed by atoms with Crippen LogP contribution < -0.4 is 5.32 Å². The first-order valence-corrected chi connectivity index (χ1v) is 6.58. The molecule has 3 nitrogen and oxygen atoms in total. The Morgan fingerprint density at radius 2 is 1.85 bits per heavy atom. The third kappa shape index (κ3) is 5.26. The molecule has 1 N–H and O–H groups in total. The Morgan fingerprint density at radius 1 is 1.38 bits per heavy atom. The quantitative estimate of drug-likeness (QED) is 0.737. The van der Waals surface area contributed by atoms with Crippen molar-refractivity contribution < 1.29 is 8.42 Å². The molecule has 0 amide bonds. The number of rotatable bonds is 5. The second kappa shape index (κ2) is 4.42. The minimum atomic E-state index is -2.90. The van der Waals surface area contributed by atoms with Gasteiger partial charge in [0.15, 0.2) is 9.84 Å². The summed E-state index contributed by atoms with van der Waals surface area (Å²) in [5.74, 6) is 0. The summed E-state index contributed by atoms with van der Waals surface area (Å²) >= 11 is 0. The van der Waals surface area contributed by atoms with Crippen LogP contribution in [-0.4, -0.2) is 32.0 Å². The summed E-state index contributed by atoms with van der Waals surface area (Å²) in [6, 6.07) is 0. The molecule has 0 bridgehead atoms. The largest absolute Gasteiger partial charge is 0.311 e.